The molecular formula is C13H12BrClN2. The molecule has 0 saturated carbocycles. The number of rotatable bonds is 3. The first-order chi connectivity index (χ1) is 8.15. The number of halogens is 2. The molecule has 0 amide bonds. The van der Waals surface area contributed by atoms with Crippen LogP contribution in [0.5, 0.6) is 0 Å². The Hall–Kier alpha value is -1.06. The Morgan fingerprint density at radius 3 is 2.76 bits per heavy atom. The quantitative estimate of drug-likeness (QED) is 0.907. The van der Waals surface area contributed by atoms with E-state index >= 15 is 0 Å². The van der Waals surface area contributed by atoms with E-state index < -0.39 is 0 Å². The topological polar surface area (TPSA) is 24.9 Å². The number of nitrogens with zero attached hydrogens (tertiary/aromatic N) is 1. The highest BCUT2D eigenvalue weighted by Crippen LogP contribution is 2.26. The van der Waals surface area contributed by atoms with Gasteiger partial charge in [0, 0.05) is 21.4 Å². The minimum Gasteiger partial charge on any atom is -0.378 e. The van der Waals surface area contributed by atoms with Gasteiger partial charge < -0.3 is 5.32 Å². The van der Waals surface area contributed by atoms with Crippen molar-refractivity contribution in [3.8, 4) is 0 Å². The lowest BCUT2D eigenvalue weighted by Crippen LogP contribution is -2.01. The molecule has 0 aliphatic rings. The molecule has 0 saturated heterocycles. The average Bonchev–Trinajstić information content (AvgIpc) is 2.30. The van der Waals surface area contributed by atoms with Crippen molar-refractivity contribution in [2.45, 2.75) is 13.5 Å². The molecule has 1 heterocycles. The number of benzene rings is 1. The largest absolute Gasteiger partial charge is 0.378 e. The van der Waals surface area contributed by atoms with Crippen molar-refractivity contribution in [1.29, 1.82) is 0 Å². The maximum Gasteiger partial charge on any atom is 0.0594 e. The molecule has 4 heteroatoms. The van der Waals surface area contributed by atoms with Crippen molar-refractivity contribution in [2.75, 3.05) is 5.32 Å². The molecule has 0 radical (unpaired) electrons. The highest BCUT2D eigenvalue weighted by atomic mass is 79.9. The molecule has 0 aliphatic carbocycles. The van der Waals surface area contributed by atoms with Crippen LogP contribution in [0.3, 0.4) is 0 Å². The summed E-state index contributed by atoms with van der Waals surface area (Å²) in [6.45, 7) is 2.72. The van der Waals surface area contributed by atoms with Gasteiger partial charge in [0.2, 0.25) is 0 Å². The second kappa shape index (κ2) is 5.52. The van der Waals surface area contributed by atoms with Crippen LogP contribution < -0.4 is 5.32 Å². The summed E-state index contributed by atoms with van der Waals surface area (Å²) >= 11 is 9.35. The molecule has 2 aromatic rings. The minimum atomic E-state index is 0.695. The van der Waals surface area contributed by atoms with Gasteiger partial charge in [-0.2, -0.15) is 0 Å². The van der Waals surface area contributed by atoms with Crippen LogP contribution in [0.25, 0.3) is 0 Å². The summed E-state index contributed by atoms with van der Waals surface area (Å²) < 4.78 is 0.956. The Balaban J connectivity index is 2.04. The Labute approximate surface area is 114 Å². The molecule has 0 spiro atoms. The van der Waals surface area contributed by atoms with Gasteiger partial charge in [0.25, 0.3) is 0 Å². The first kappa shape index (κ1) is 12.4. The van der Waals surface area contributed by atoms with Gasteiger partial charge in [0.05, 0.1) is 12.2 Å². The molecule has 0 unspecified atom stereocenters. The van der Waals surface area contributed by atoms with Crippen molar-refractivity contribution in [1.82, 2.24) is 4.98 Å². The first-order valence-electron chi connectivity index (χ1n) is 5.25. The number of pyridine rings is 1. The molecule has 1 aromatic carbocycles. The van der Waals surface area contributed by atoms with E-state index in [1.165, 1.54) is 5.56 Å². The highest BCUT2D eigenvalue weighted by Gasteiger charge is 2.00. The second-order valence-corrected chi connectivity index (χ2v) is 5.10. The molecule has 1 aromatic heterocycles. The van der Waals surface area contributed by atoms with Gasteiger partial charge in [-0.15, -0.1) is 0 Å². The fourth-order valence-electron chi connectivity index (χ4n) is 1.42. The average molecular weight is 312 g/mol. The molecule has 0 fully saturated rings. The fourth-order valence-corrected chi connectivity index (χ4v) is 2.24. The predicted octanol–water partition coefficient (Wildman–Crippen LogP) is 4.42. The van der Waals surface area contributed by atoms with Crippen LogP contribution in [-0.4, -0.2) is 4.98 Å². The predicted molar refractivity (Wildman–Crippen MR) is 75.5 cm³/mol. The van der Waals surface area contributed by atoms with Crippen molar-refractivity contribution < 1.29 is 0 Å². The van der Waals surface area contributed by atoms with Gasteiger partial charge in [-0.3, -0.25) is 4.98 Å². The third kappa shape index (κ3) is 3.45. The normalized spacial score (nSPS) is 10.3. The van der Waals surface area contributed by atoms with Crippen LogP contribution in [0, 0.1) is 6.92 Å². The van der Waals surface area contributed by atoms with E-state index in [4.69, 9.17) is 11.6 Å². The van der Waals surface area contributed by atoms with E-state index in [0.717, 1.165) is 20.9 Å². The van der Waals surface area contributed by atoms with Crippen LogP contribution in [-0.2, 0) is 6.54 Å². The molecule has 0 aliphatic heterocycles. The third-order valence-corrected chi connectivity index (χ3v) is 3.25. The van der Waals surface area contributed by atoms with Crippen LogP contribution in [0.2, 0.25) is 5.02 Å². The first-order valence-corrected chi connectivity index (χ1v) is 6.43. The number of aryl methyl sites for hydroxylation is 1. The smallest absolute Gasteiger partial charge is 0.0594 e. The molecule has 88 valence electrons. The minimum absolute atomic E-state index is 0.695. The van der Waals surface area contributed by atoms with Gasteiger partial charge in [-0.25, -0.2) is 0 Å². The van der Waals surface area contributed by atoms with Crippen molar-refractivity contribution in [2.24, 2.45) is 0 Å². The van der Waals surface area contributed by atoms with E-state index in [1.807, 2.05) is 37.4 Å². The zero-order valence-electron chi connectivity index (χ0n) is 9.37. The summed E-state index contributed by atoms with van der Waals surface area (Å²) in [6, 6.07) is 9.75. The van der Waals surface area contributed by atoms with Gasteiger partial charge in [0.15, 0.2) is 0 Å². The highest BCUT2D eigenvalue weighted by molar-refractivity contribution is 9.10. The van der Waals surface area contributed by atoms with E-state index in [1.54, 1.807) is 0 Å². The van der Waals surface area contributed by atoms with E-state index in [0.29, 0.717) is 6.54 Å². The lowest BCUT2D eigenvalue weighted by molar-refractivity contribution is 1.04. The van der Waals surface area contributed by atoms with Crippen LogP contribution in [0.4, 0.5) is 5.69 Å². The summed E-state index contributed by atoms with van der Waals surface area (Å²) in [5.41, 5.74) is 3.19. The van der Waals surface area contributed by atoms with Gasteiger partial charge >= 0.3 is 0 Å². The zero-order valence-corrected chi connectivity index (χ0v) is 11.7. The summed E-state index contributed by atoms with van der Waals surface area (Å²) in [7, 11) is 0. The molecular weight excluding hydrogens is 300 g/mol. The van der Waals surface area contributed by atoms with Crippen LogP contribution in [0.15, 0.2) is 41.0 Å². The lowest BCUT2D eigenvalue weighted by atomic mass is 10.2. The summed E-state index contributed by atoms with van der Waals surface area (Å²) in [6.07, 6.45) is 1.87. The van der Waals surface area contributed by atoms with E-state index in [2.05, 4.69) is 32.3 Å². The maximum absolute atomic E-state index is 5.88. The summed E-state index contributed by atoms with van der Waals surface area (Å²) in [4.78, 5) is 4.34. The van der Waals surface area contributed by atoms with Crippen molar-refractivity contribution in [3.63, 3.8) is 0 Å². The zero-order chi connectivity index (χ0) is 12.3. The Bertz CT molecular complexity index is 511. The Morgan fingerprint density at radius 1 is 1.29 bits per heavy atom. The number of aromatic nitrogens is 1. The van der Waals surface area contributed by atoms with E-state index in [-0.39, 0.29) is 0 Å². The number of hydrogen-bond acceptors (Lipinski definition) is 2. The van der Waals surface area contributed by atoms with Crippen molar-refractivity contribution in [3.05, 3.63) is 57.3 Å². The summed E-state index contributed by atoms with van der Waals surface area (Å²) in [5.74, 6) is 0. The number of anilines is 1. The van der Waals surface area contributed by atoms with Crippen molar-refractivity contribution >= 4 is 33.2 Å². The molecule has 2 rings (SSSR count). The Morgan fingerprint density at radius 2 is 2.12 bits per heavy atom. The molecule has 17 heavy (non-hydrogen) atoms. The maximum atomic E-state index is 5.88. The van der Waals surface area contributed by atoms with Gasteiger partial charge in [-0.05, 0) is 52.7 Å². The SMILES string of the molecule is Cc1ccc(CNc2ccc(Cl)cc2Br)nc1. The standard InChI is InChI=1S/C13H12BrClN2/c1-9-2-4-11(16-7-9)8-17-13-5-3-10(15)6-12(13)14/h2-7,17H,8H2,1H3. The number of nitrogens with one attached hydrogen (secondary N) is 1. The Kier molecular flexibility index (Phi) is 4.02. The van der Waals surface area contributed by atoms with Crippen LogP contribution in [0.1, 0.15) is 11.3 Å². The molecule has 0 atom stereocenters. The lowest BCUT2D eigenvalue weighted by Gasteiger charge is -2.08. The molecule has 2 nitrogen and oxygen atoms in total. The number of hydrogen-bond donors (Lipinski definition) is 1. The fraction of sp³-hybridized carbons (Fsp3) is 0.154. The summed E-state index contributed by atoms with van der Waals surface area (Å²) in [5, 5.41) is 4.03. The monoisotopic (exact) mass is 310 g/mol. The van der Waals surface area contributed by atoms with E-state index in [9.17, 15) is 0 Å². The molecule has 0 bridgehead atoms. The third-order valence-electron chi connectivity index (χ3n) is 2.36. The van der Waals surface area contributed by atoms with Gasteiger partial charge in [-0.1, -0.05) is 17.7 Å². The van der Waals surface area contributed by atoms with Crippen LogP contribution >= 0.6 is 27.5 Å². The van der Waals surface area contributed by atoms with Gasteiger partial charge in [0.1, 0.15) is 0 Å². The molecule has 1 N–H and O–H groups in total. The second-order valence-electron chi connectivity index (χ2n) is 3.80.